The molecule has 4 rings (SSSR count). The van der Waals surface area contributed by atoms with E-state index in [2.05, 4.69) is 5.16 Å². The Kier molecular flexibility index (Phi) is 7.84. The summed E-state index contributed by atoms with van der Waals surface area (Å²) in [5.74, 6) is -1.06. The minimum atomic E-state index is -0.987. The molecule has 184 valence electrons. The number of aliphatic carboxylic acids is 1. The van der Waals surface area contributed by atoms with Crippen LogP contribution in [-0.4, -0.2) is 33.7 Å². The number of nitrogens with zero attached hydrogens (tertiary/aromatic N) is 2. The topological polar surface area (TPSA) is 92.9 Å². The lowest BCUT2D eigenvalue weighted by molar-refractivity contribution is -0.136. The molecule has 0 fully saturated rings. The maximum absolute atomic E-state index is 13.8. The Morgan fingerprint density at radius 2 is 1.75 bits per heavy atom. The number of carbonyl (C=O) groups is 2. The van der Waals surface area contributed by atoms with Crippen molar-refractivity contribution in [2.24, 2.45) is 0 Å². The van der Waals surface area contributed by atoms with Gasteiger partial charge in [0.2, 0.25) is 0 Å². The van der Waals surface area contributed by atoms with Gasteiger partial charge >= 0.3 is 5.97 Å². The molecule has 0 saturated carbocycles. The number of hydroxylamine groups is 2. The molecule has 36 heavy (non-hydrogen) atoms. The second kappa shape index (κ2) is 11.0. The predicted molar refractivity (Wildman–Crippen MR) is 138 cm³/mol. The zero-order valence-corrected chi connectivity index (χ0v) is 21.1. The normalized spacial score (nSPS) is 10.8. The summed E-state index contributed by atoms with van der Waals surface area (Å²) >= 11 is 18.7. The summed E-state index contributed by atoms with van der Waals surface area (Å²) in [5.41, 5.74) is 1.85. The monoisotopic (exact) mass is 544 g/mol. The van der Waals surface area contributed by atoms with Crippen LogP contribution in [0.4, 0.5) is 0 Å². The van der Waals surface area contributed by atoms with E-state index < -0.39 is 11.9 Å². The molecular formula is C26H19Cl3N2O5. The minimum Gasteiger partial charge on any atom is -0.481 e. The van der Waals surface area contributed by atoms with E-state index in [1.807, 2.05) is 6.07 Å². The van der Waals surface area contributed by atoms with Crippen LogP contribution in [0.25, 0.3) is 22.6 Å². The Morgan fingerprint density at radius 3 is 2.39 bits per heavy atom. The number of aromatic nitrogens is 1. The number of amides is 1. The molecular weight excluding hydrogens is 527 g/mol. The van der Waals surface area contributed by atoms with E-state index in [9.17, 15) is 9.59 Å². The summed E-state index contributed by atoms with van der Waals surface area (Å²) in [6, 6.07) is 18.4. The van der Waals surface area contributed by atoms with Crippen molar-refractivity contribution in [1.82, 2.24) is 10.2 Å². The number of halogens is 3. The molecule has 0 aliphatic rings. The van der Waals surface area contributed by atoms with Crippen molar-refractivity contribution in [3.63, 3.8) is 0 Å². The van der Waals surface area contributed by atoms with Crippen molar-refractivity contribution in [3.8, 4) is 28.3 Å². The third-order valence-electron chi connectivity index (χ3n) is 5.20. The standard InChI is InChI=1S/C26H19Cl3N2O5/c1-2-31(36-21-11-9-17(27)14-20(21)29)26(34)23-24(30-35-25(23)16-6-4-3-5-7-16)18-10-8-15(12-19(18)28)13-22(32)33/h3-12,14H,2,13H2,1H3,(H,32,33). The highest BCUT2D eigenvalue weighted by Gasteiger charge is 2.31. The molecule has 4 aromatic rings. The van der Waals surface area contributed by atoms with Crippen molar-refractivity contribution in [2.75, 3.05) is 6.54 Å². The first-order valence-electron chi connectivity index (χ1n) is 10.8. The molecule has 0 spiro atoms. The number of carbonyl (C=O) groups excluding carboxylic acids is 1. The first kappa shape index (κ1) is 25.6. The second-order valence-electron chi connectivity index (χ2n) is 7.65. The number of carboxylic acids is 1. The molecule has 0 saturated heterocycles. The van der Waals surface area contributed by atoms with E-state index in [1.165, 1.54) is 12.1 Å². The van der Waals surface area contributed by atoms with Gasteiger partial charge in [-0.1, -0.05) is 82.4 Å². The Hall–Kier alpha value is -3.52. The highest BCUT2D eigenvalue weighted by atomic mass is 35.5. The van der Waals surface area contributed by atoms with Gasteiger partial charge in [0, 0.05) is 16.1 Å². The van der Waals surface area contributed by atoms with Crippen molar-refractivity contribution in [3.05, 3.63) is 92.9 Å². The molecule has 1 amide bonds. The molecule has 10 heteroatoms. The predicted octanol–water partition coefficient (Wildman–Crippen LogP) is 7.05. The molecule has 0 atom stereocenters. The van der Waals surface area contributed by atoms with E-state index in [0.29, 0.717) is 21.7 Å². The largest absolute Gasteiger partial charge is 0.481 e. The molecule has 1 N–H and O–H groups in total. The summed E-state index contributed by atoms with van der Waals surface area (Å²) in [6.45, 7) is 1.91. The molecule has 7 nitrogen and oxygen atoms in total. The van der Waals surface area contributed by atoms with Crippen LogP contribution in [0.3, 0.4) is 0 Å². The number of rotatable bonds is 8. The van der Waals surface area contributed by atoms with Crippen LogP contribution in [-0.2, 0) is 11.2 Å². The Bertz CT molecular complexity index is 1420. The summed E-state index contributed by atoms with van der Waals surface area (Å²) < 4.78 is 5.64. The average molecular weight is 546 g/mol. The maximum Gasteiger partial charge on any atom is 0.307 e. The Labute approximate surface area is 221 Å². The van der Waals surface area contributed by atoms with E-state index in [4.69, 9.17) is 49.3 Å². The van der Waals surface area contributed by atoms with Gasteiger partial charge < -0.3 is 14.5 Å². The smallest absolute Gasteiger partial charge is 0.307 e. The average Bonchev–Trinajstić information content (AvgIpc) is 3.28. The van der Waals surface area contributed by atoms with Crippen LogP contribution in [0.15, 0.2) is 71.3 Å². The number of hydrogen-bond donors (Lipinski definition) is 1. The van der Waals surface area contributed by atoms with E-state index in [0.717, 1.165) is 5.06 Å². The van der Waals surface area contributed by atoms with Crippen molar-refractivity contribution in [1.29, 1.82) is 0 Å². The van der Waals surface area contributed by atoms with Gasteiger partial charge in [-0.05, 0) is 36.8 Å². The maximum atomic E-state index is 13.8. The minimum absolute atomic E-state index is 0.126. The molecule has 1 aromatic heterocycles. The summed E-state index contributed by atoms with van der Waals surface area (Å²) in [6.07, 6.45) is -0.195. The molecule has 0 radical (unpaired) electrons. The highest BCUT2D eigenvalue weighted by molar-refractivity contribution is 6.35. The lowest BCUT2D eigenvalue weighted by Gasteiger charge is -2.22. The van der Waals surface area contributed by atoms with Gasteiger partial charge in [0.15, 0.2) is 11.5 Å². The third kappa shape index (κ3) is 5.49. The van der Waals surface area contributed by atoms with Crippen LogP contribution >= 0.6 is 34.8 Å². The van der Waals surface area contributed by atoms with Crippen LogP contribution in [0.5, 0.6) is 5.75 Å². The number of benzene rings is 3. The quantitative estimate of drug-likeness (QED) is 0.238. The fourth-order valence-corrected chi connectivity index (χ4v) is 4.27. The number of carboxylic acid groups (broad SMARTS) is 1. The summed E-state index contributed by atoms with van der Waals surface area (Å²) in [4.78, 5) is 30.8. The number of hydrogen-bond acceptors (Lipinski definition) is 5. The summed E-state index contributed by atoms with van der Waals surface area (Å²) in [5, 5.41) is 15.3. The molecule has 1 heterocycles. The van der Waals surface area contributed by atoms with Crippen LogP contribution in [0.2, 0.25) is 15.1 Å². The third-order valence-corrected chi connectivity index (χ3v) is 6.05. The first-order chi connectivity index (χ1) is 17.3. The van der Waals surface area contributed by atoms with Gasteiger partial charge in [-0.2, -0.15) is 5.06 Å². The van der Waals surface area contributed by atoms with Gasteiger partial charge in [-0.3, -0.25) is 9.59 Å². The van der Waals surface area contributed by atoms with E-state index in [-0.39, 0.29) is 45.8 Å². The zero-order chi connectivity index (χ0) is 25.8. The van der Waals surface area contributed by atoms with Crippen LogP contribution < -0.4 is 4.84 Å². The highest BCUT2D eigenvalue weighted by Crippen LogP contribution is 2.37. The second-order valence-corrected chi connectivity index (χ2v) is 8.90. The van der Waals surface area contributed by atoms with Gasteiger partial charge in [0.05, 0.1) is 23.0 Å². The zero-order valence-electron chi connectivity index (χ0n) is 18.9. The van der Waals surface area contributed by atoms with Crippen molar-refractivity contribution >= 4 is 46.7 Å². The van der Waals surface area contributed by atoms with E-state index >= 15 is 0 Å². The molecule has 0 aliphatic carbocycles. The van der Waals surface area contributed by atoms with Gasteiger partial charge in [-0.15, -0.1) is 0 Å². The molecule has 0 aliphatic heterocycles. The van der Waals surface area contributed by atoms with Crippen molar-refractivity contribution in [2.45, 2.75) is 13.3 Å². The van der Waals surface area contributed by atoms with E-state index in [1.54, 1.807) is 55.5 Å². The molecule has 0 unspecified atom stereocenters. The molecule has 0 bridgehead atoms. The van der Waals surface area contributed by atoms with Gasteiger partial charge in [0.1, 0.15) is 11.3 Å². The fraction of sp³-hybridized carbons (Fsp3) is 0.115. The van der Waals surface area contributed by atoms with Crippen LogP contribution in [0.1, 0.15) is 22.8 Å². The van der Waals surface area contributed by atoms with Crippen molar-refractivity contribution < 1.29 is 24.1 Å². The lowest BCUT2D eigenvalue weighted by Crippen LogP contribution is -2.34. The van der Waals surface area contributed by atoms with Crippen LogP contribution in [0, 0.1) is 0 Å². The summed E-state index contributed by atoms with van der Waals surface area (Å²) in [7, 11) is 0. The fourth-order valence-electron chi connectivity index (χ4n) is 3.54. The Morgan fingerprint density at radius 1 is 1.00 bits per heavy atom. The van der Waals surface area contributed by atoms with Gasteiger partial charge in [0.25, 0.3) is 5.91 Å². The van der Waals surface area contributed by atoms with Gasteiger partial charge in [-0.25, -0.2) is 0 Å². The SMILES string of the molecule is CCN(Oc1ccc(Cl)cc1Cl)C(=O)c1c(-c2ccc(CC(=O)O)cc2Cl)noc1-c1ccccc1. The molecule has 3 aromatic carbocycles. The Balaban J connectivity index is 1.80. The lowest BCUT2D eigenvalue weighted by atomic mass is 10.00. The first-order valence-corrected chi connectivity index (χ1v) is 11.9.